The number of hydrogen-bond acceptors (Lipinski definition) is 4. The summed E-state index contributed by atoms with van der Waals surface area (Å²) in [5.74, 6) is 0.640. The Morgan fingerprint density at radius 1 is 1.79 bits per heavy atom. The average molecular weight is 210 g/mol. The van der Waals surface area contributed by atoms with Gasteiger partial charge in [0.1, 0.15) is 11.4 Å². The number of nitrogens with two attached hydrogens (primary N) is 1. The largest absolute Gasteiger partial charge is 0.494 e. The van der Waals surface area contributed by atoms with Gasteiger partial charge in [0.2, 0.25) is 0 Å². The second-order valence-corrected chi connectivity index (χ2v) is 2.76. The lowest BCUT2D eigenvalue weighted by atomic mass is 10.3. The zero-order valence-corrected chi connectivity index (χ0v) is 8.41. The summed E-state index contributed by atoms with van der Waals surface area (Å²) in [6.07, 6.45) is 3.13. The molecule has 0 aromatic carbocycles. The molecular weight excluding hydrogens is 200 g/mol. The minimum atomic E-state index is 0.108. The Hall–Kier alpha value is -1.69. The molecule has 74 valence electrons. The van der Waals surface area contributed by atoms with Gasteiger partial charge in [-0.3, -0.25) is 10.4 Å². The quantitative estimate of drug-likeness (QED) is 0.425. The van der Waals surface area contributed by atoms with Crippen LogP contribution >= 0.6 is 12.2 Å². The Kier molecular flexibility index (Phi) is 3.81. The molecule has 3 N–H and O–H groups in total. The van der Waals surface area contributed by atoms with Crippen LogP contribution in [-0.4, -0.2) is 23.4 Å². The topological polar surface area (TPSA) is 72.5 Å². The SMILES string of the molecule is COc1cccnc1C=NNC(N)=S. The van der Waals surface area contributed by atoms with Crippen molar-refractivity contribution in [1.82, 2.24) is 10.4 Å². The molecule has 14 heavy (non-hydrogen) atoms. The third kappa shape index (κ3) is 2.98. The van der Waals surface area contributed by atoms with Crippen LogP contribution in [0.15, 0.2) is 23.4 Å². The number of hydrazone groups is 1. The number of methoxy groups -OCH3 is 1. The number of pyridine rings is 1. The highest BCUT2D eigenvalue weighted by Crippen LogP contribution is 2.11. The number of ether oxygens (including phenoxy) is 1. The Morgan fingerprint density at radius 3 is 3.21 bits per heavy atom. The molecule has 0 bridgehead atoms. The maximum Gasteiger partial charge on any atom is 0.184 e. The normalized spacial score (nSPS) is 10.1. The average Bonchev–Trinajstić information content (AvgIpc) is 2.18. The second-order valence-electron chi connectivity index (χ2n) is 2.33. The van der Waals surface area contributed by atoms with Crippen molar-refractivity contribution in [1.29, 1.82) is 0 Å². The summed E-state index contributed by atoms with van der Waals surface area (Å²) >= 11 is 4.57. The lowest BCUT2D eigenvalue weighted by Gasteiger charge is -2.01. The number of aromatic nitrogens is 1. The number of nitrogens with one attached hydrogen (secondary N) is 1. The molecule has 0 spiro atoms. The van der Waals surface area contributed by atoms with Crippen LogP contribution in [0.1, 0.15) is 5.69 Å². The van der Waals surface area contributed by atoms with E-state index in [1.54, 1.807) is 25.4 Å². The molecule has 0 aliphatic carbocycles. The summed E-state index contributed by atoms with van der Waals surface area (Å²) in [5, 5.41) is 3.87. The van der Waals surface area contributed by atoms with E-state index >= 15 is 0 Å². The summed E-state index contributed by atoms with van der Waals surface area (Å²) in [6.45, 7) is 0. The van der Waals surface area contributed by atoms with Crippen molar-refractivity contribution in [3.63, 3.8) is 0 Å². The highest BCUT2D eigenvalue weighted by molar-refractivity contribution is 7.80. The van der Waals surface area contributed by atoms with Crippen molar-refractivity contribution in [2.24, 2.45) is 10.8 Å². The summed E-state index contributed by atoms with van der Waals surface area (Å²) in [5.41, 5.74) is 8.22. The minimum absolute atomic E-state index is 0.108. The highest BCUT2D eigenvalue weighted by atomic mass is 32.1. The molecule has 0 radical (unpaired) electrons. The maximum atomic E-state index is 5.18. The van der Waals surface area contributed by atoms with Crippen LogP contribution in [0.25, 0.3) is 0 Å². The van der Waals surface area contributed by atoms with Crippen LogP contribution in [0, 0.1) is 0 Å². The van der Waals surface area contributed by atoms with Gasteiger partial charge in [0.05, 0.1) is 13.3 Å². The van der Waals surface area contributed by atoms with E-state index in [1.165, 1.54) is 6.21 Å². The first-order valence-corrected chi connectivity index (χ1v) is 4.22. The van der Waals surface area contributed by atoms with Crippen molar-refractivity contribution >= 4 is 23.5 Å². The van der Waals surface area contributed by atoms with Crippen molar-refractivity contribution in [2.75, 3.05) is 7.11 Å². The highest BCUT2D eigenvalue weighted by Gasteiger charge is 1.98. The maximum absolute atomic E-state index is 5.18. The molecule has 0 unspecified atom stereocenters. The van der Waals surface area contributed by atoms with Crippen LogP contribution in [0.5, 0.6) is 5.75 Å². The third-order valence-electron chi connectivity index (χ3n) is 1.38. The number of hydrogen-bond donors (Lipinski definition) is 2. The Balaban J connectivity index is 2.75. The van der Waals surface area contributed by atoms with Gasteiger partial charge in [0.25, 0.3) is 0 Å². The molecular formula is C8H10N4OS. The van der Waals surface area contributed by atoms with Crippen molar-refractivity contribution in [3.8, 4) is 5.75 Å². The summed E-state index contributed by atoms with van der Waals surface area (Å²) in [4.78, 5) is 4.05. The molecule has 1 aromatic rings. The van der Waals surface area contributed by atoms with Gasteiger partial charge in [-0.05, 0) is 24.4 Å². The number of nitrogens with zero attached hydrogens (tertiary/aromatic N) is 2. The predicted molar refractivity (Wildman–Crippen MR) is 58.3 cm³/mol. The molecule has 0 saturated carbocycles. The molecule has 0 atom stereocenters. The fourth-order valence-electron chi connectivity index (χ4n) is 0.829. The van der Waals surface area contributed by atoms with Crippen molar-refractivity contribution in [2.45, 2.75) is 0 Å². The molecule has 5 nitrogen and oxygen atoms in total. The van der Waals surface area contributed by atoms with Crippen LogP contribution < -0.4 is 15.9 Å². The smallest absolute Gasteiger partial charge is 0.184 e. The third-order valence-corrected chi connectivity index (χ3v) is 1.47. The van der Waals surface area contributed by atoms with Gasteiger partial charge < -0.3 is 10.5 Å². The lowest BCUT2D eigenvalue weighted by molar-refractivity contribution is 0.412. The van der Waals surface area contributed by atoms with Gasteiger partial charge in [-0.2, -0.15) is 5.10 Å². The van der Waals surface area contributed by atoms with E-state index in [1.807, 2.05) is 0 Å². The summed E-state index contributed by atoms with van der Waals surface area (Å²) in [6, 6.07) is 3.56. The van der Waals surface area contributed by atoms with Gasteiger partial charge in [0, 0.05) is 6.20 Å². The van der Waals surface area contributed by atoms with Gasteiger partial charge >= 0.3 is 0 Å². The van der Waals surface area contributed by atoms with E-state index in [-0.39, 0.29) is 5.11 Å². The number of rotatable bonds is 3. The van der Waals surface area contributed by atoms with Gasteiger partial charge in [-0.15, -0.1) is 0 Å². The van der Waals surface area contributed by atoms with Gasteiger partial charge in [-0.25, -0.2) is 0 Å². The summed E-state index contributed by atoms with van der Waals surface area (Å²) < 4.78 is 5.06. The summed E-state index contributed by atoms with van der Waals surface area (Å²) in [7, 11) is 1.56. The number of thiocarbonyl (C=S) groups is 1. The van der Waals surface area contributed by atoms with Gasteiger partial charge in [-0.1, -0.05) is 0 Å². The van der Waals surface area contributed by atoms with Crippen LogP contribution in [0.4, 0.5) is 0 Å². The van der Waals surface area contributed by atoms with Crippen LogP contribution in [0.2, 0.25) is 0 Å². The van der Waals surface area contributed by atoms with Gasteiger partial charge in [0.15, 0.2) is 5.11 Å². The van der Waals surface area contributed by atoms with E-state index in [9.17, 15) is 0 Å². The zero-order valence-electron chi connectivity index (χ0n) is 7.60. The van der Waals surface area contributed by atoms with E-state index in [0.717, 1.165) is 0 Å². The fraction of sp³-hybridized carbons (Fsp3) is 0.125. The fourth-order valence-corrected chi connectivity index (χ4v) is 0.882. The first-order valence-electron chi connectivity index (χ1n) is 3.81. The Morgan fingerprint density at radius 2 is 2.57 bits per heavy atom. The second kappa shape index (κ2) is 5.13. The van der Waals surface area contributed by atoms with E-state index in [4.69, 9.17) is 10.5 Å². The Bertz CT molecular complexity index is 353. The molecule has 0 amide bonds. The van der Waals surface area contributed by atoms with Crippen LogP contribution in [-0.2, 0) is 0 Å². The van der Waals surface area contributed by atoms with Crippen LogP contribution in [0.3, 0.4) is 0 Å². The predicted octanol–water partition coefficient (Wildman–Crippen LogP) is 0.257. The van der Waals surface area contributed by atoms with E-state index in [0.29, 0.717) is 11.4 Å². The molecule has 0 fully saturated rings. The molecule has 1 rings (SSSR count). The first-order chi connectivity index (χ1) is 6.74. The van der Waals surface area contributed by atoms with Crippen molar-refractivity contribution in [3.05, 3.63) is 24.0 Å². The molecule has 6 heteroatoms. The lowest BCUT2D eigenvalue weighted by Crippen LogP contribution is -2.24. The zero-order chi connectivity index (χ0) is 10.4. The molecule has 0 aliphatic rings. The first kappa shape index (κ1) is 10.4. The Labute approximate surface area is 87.0 Å². The van der Waals surface area contributed by atoms with E-state index < -0.39 is 0 Å². The van der Waals surface area contributed by atoms with Crippen molar-refractivity contribution < 1.29 is 4.74 Å². The molecule has 1 aromatic heterocycles. The monoisotopic (exact) mass is 210 g/mol. The molecule has 1 heterocycles. The molecule has 0 aliphatic heterocycles. The van der Waals surface area contributed by atoms with E-state index in [2.05, 4.69) is 27.7 Å². The minimum Gasteiger partial charge on any atom is -0.494 e. The standard InChI is InChI=1S/C8H10N4OS/c1-13-7-3-2-4-10-6(7)5-11-12-8(9)14/h2-5H,1H3,(H3,9,12,14). The molecule has 0 saturated heterocycles.